The summed E-state index contributed by atoms with van der Waals surface area (Å²) in [4.78, 5) is 33.3. The van der Waals surface area contributed by atoms with Gasteiger partial charge in [0.25, 0.3) is 0 Å². The van der Waals surface area contributed by atoms with Gasteiger partial charge in [-0.25, -0.2) is 0 Å². The number of halogens is 1. The van der Waals surface area contributed by atoms with E-state index in [0.29, 0.717) is 32.7 Å². The van der Waals surface area contributed by atoms with E-state index in [9.17, 15) is 9.59 Å². The fraction of sp³-hybridized carbons (Fsp3) is 0.381. The number of carbonyl (C=O) groups is 2. The Balaban J connectivity index is 1.33. The molecule has 0 unspecified atom stereocenters. The fourth-order valence-electron chi connectivity index (χ4n) is 3.79. The second-order valence-corrected chi connectivity index (χ2v) is 8.09. The maximum Gasteiger partial charge on any atom is 0.239 e. The second-order valence-electron chi connectivity index (χ2n) is 7.18. The van der Waals surface area contributed by atoms with Crippen molar-refractivity contribution in [2.75, 3.05) is 24.5 Å². The van der Waals surface area contributed by atoms with Crippen LogP contribution in [0.5, 0.6) is 0 Å². The van der Waals surface area contributed by atoms with Crippen LogP contribution in [-0.4, -0.2) is 47.4 Å². The SMILES string of the molecule is O=C([C@H]1CCN(c2cccc(Br)c2)C1=O)N1CC[C@@H](OCc2cccnc2)C1. The maximum atomic E-state index is 12.9. The monoisotopic (exact) mass is 443 g/mol. The zero-order valence-corrected chi connectivity index (χ0v) is 17.0. The Morgan fingerprint density at radius 2 is 2.11 bits per heavy atom. The maximum absolute atomic E-state index is 12.9. The standard InChI is InChI=1S/C21H22BrN3O3/c22-16-4-1-5-17(11-16)25-10-7-19(21(25)27)20(26)24-9-6-18(13-24)28-14-15-3-2-8-23-12-15/h1-5,8,11-12,18-19H,6-7,9-10,13-14H2/t18-,19-/m1/s1. The molecule has 2 saturated heterocycles. The lowest BCUT2D eigenvalue weighted by Crippen LogP contribution is -2.39. The number of pyridine rings is 1. The number of carbonyl (C=O) groups excluding carboxylic acids is 2. The first-order valence-electron chi connectivity index (χ1n) is 9.48. The molecular formula is C21H22BrN3O3. The molecule has 2 atom stereocenters. The summed E-state index contributed by atoms with van der Waals surface area (Å²) < 4.78 is 6.85. The first-order valence-corrected chi connectivity index (χ1v) is 10.3. The van der Waals surface area contributed by atoms with Gasteiger partial charge in [0.1, 0.15) is 5.92 Å². The van der Waals surface area contributed by atoms with E-state index in [1.165, 1.54) is 0 Å². The van der Waals surface area contributed by atoms with Crippen molar-refractivity contribution in [3.05, 3.63) is 58.8 Å². The predicted octanol–water partition coefficient (Wildman–Crippen LogP) is 3.01. The highest BCUT2D eigenvalue weighted by atomic mass is 79.9. The minimum absolute atomic E-state index is 0.00171. The van der Waals surface area contributed by atoms with Crippen LogP contribution in [0.1, 0.15) is 18.4 Å². The second kappa shape index (κ2) is 8.41. The molecule has 0 N–H and O–H groups in total. The molecule has 0 aliphatic carbocycles. The van der Waals surface area contributed by atoms with Crippen LogP contribution in [0, 0.1) is 5.92 Å². The lowest BCUT2D eigenvalue weighted by atomic mass is 10.1. The van der Waals surface area contributed by atoms with Crippen LogP contribution in [-0.2, 0) is 20.9 Å². The third-order valence-electron chi connectivity index (χ3n) is 5.29. The van der Waals surface area contributed by atoms with Crippen molar-refractivity contribution < 1.29 is 14.3 Å². The van der Waals surface area contributed by atoms with Crippen LogP contribution in [0.2, 0.25) is 0 Å². The summed E-state index contributed by atoms with van der Waals surface area (Å²) in [6.07, 6.45) is 4.87. The van der Waals surface area contributed by atoms with Crippen LogP contribution in [0.15, 0.2) is 53.3 Å². The largest absolute Gasteiger partial charge is 0.372 e. The van der Waals surface area contributed by atoms with Gasteiger partial charge < -0.3 is 14.5 Å². The number of ether oxygens (including phenoxy) is 1. The highest BCUT2D eigenvalue weighted by Crippen LogP contribution is 2.29. The molecular weight excluding hydrogens is 422 g/mol. The lowest BCUT2D eigenvalue weighted by molar-refractivity contribution is -0.139. The number of hydrogen-bond donors (Lipinski definition) is 0. The summed E-state index contributed by atoms with van der Waals surface area (Å²) in [7, 11) is 0. The molecule has 0 radical (unpaired) electrons. The molecule has 3 heterocycles. The number of hydrogen-bond acceptors (Lipinski definition) is 4. The van der Waals surface area contributed by atoms with Gasteiger partial charge in [-0.2, -0.15) is 0 Å². The third kappa shape index (κ3) is 4.10. The van der Waals surface area contributed by atoms with Gasteiger partial charge in [0.05, 0.1) is 12.7 Å². The molecule has 0 saturated carbocycles. The minimum atomic E-state index is -0.587. The van der Waals surface area contributed by atoms with Crippen LogP contribution in [0.25, 0.3) is 0 Å². The molecule has 1 aromatic carbocycles. The number of nitrogens with zero attached hydrogens (tertiary/aromatic N) is 3. The molecule has 0 bridgehead atoms. The number of amides is 2. The molecule has 4 rings (SSSR count). The Kier molecular flexibility index (Phi) is 5.73. The number of likely N-dealkylation sites (tertiary alicyclic amines) is 1. The van der Waals surface area contributed by atoms with E-state index >= 15 is 0 Å². The fourth-order valence-corrected chi connectivity index (χ4v) is 4.18. The van der Waals surface area contributed by atoms with Gasteiger partial charge in [0.15, 0.2) is 0 Å². The quantitative estimate of drug-likeness (QED) is 0.666. The number of anilines is 1. The Morgan fingerprint density at radius 3 is 2.89 bits per heavy atom. The first kappa shape index (κ1) is 19.1. The van der Waals surface area contributed by atoms with E-state index in [2.05, 4.69) is 20.9 Å². The minimum Gasteiger partial charge on any atom is -0.372 e. The summed E-state index contributed by atoms with van der Waals surface area (Å²) in [6.45, 7) is 2.23. The number of benzene rings is 1. The van der Waals surface area contributed by atoms with Crippen molar-refractivity contribution in [3.63, 3.8) is 0 Å². The van der Waals surface area contributed by atoms with Gasteiger partial charge >= 0.3 is 0 Å². The Hall–Kier alpha value is -2.25. The van der Waals surface area contributed by atoms with E-state index in [4.69, 9.17) is 4.74 Å². The van der Waals surface area contributed by atoms with Gasteiger partial charge in [-0.3, -0.25) is 14.6 Å². The molecule has 146 valence electrons. The Labute approximate surface area is 172 Å². The van der Waals surface area contributed by atoms with E-state index in [0.717, 1.165) is 22.1 Å². The summed E-state index contributed by atoms with van der Waals surface area (Å²) in [5, 5.41) is 0. The average molecular weight is 444 g/mol. The van der Waals surface area contributed by atoms with Crippen molar-refractivity contribution in [3.8, 4) is 0 Å². The summed E-state index contributed by atoms with van der Waals surface area (Å²) in [6, 6.07) is 11.5. The molecule has 2 aliphatic heterocycles. The van der Waals surface area contributed by atoms with Gasteiger partial charge in [0.2, 0.25) is 11.8 Å². The highest BCUT2D eigenvalue weighted by Gasteiger charge is 2.41. The molecule has 28 heavy (non-hydrogen) atoms. The van der Waals surface area contributed by atoms with Crippen LogP contribution < -0.4 is 4.90 Å². The normalized spacial score (nSPS) is 22.1. The van der Waals surface area contributed by atoms with E-state index in [1.54, 1.807) is 22.2 Å². The van der Waals surface area contributed by atoms with E-state index < -0.39 is 5.92 Å². The Morgan fingerprint density at radius 1 is 1.21 bits per heavy atom. The molecule has 2 aromatic rings. The topological polar surface area (TPSA) is 62.7 Å². The van der Waals surface area contributed by atoms with Gasteiger partial charge in [0, 0.05) is 42.2 Å². The summed E-state index contributed by atoms with van der Waals surface area (Å²) in [5.41, 5.74) is 1.84. The smallest absolute Gasteiger partial charge is 0.239 e. The van der Waals surface area contributed by atoms with Crippen LogP contribution in [0.3, 0.4) is 0 Å². The lowest BCUT2D eigenvalue weighted by Gasteiger charge is -2.21. The van der Waals surface area contributed by atoms with Gasteiger partial charge in [-0.15, -0.1) is 0 Å². The molecule has 7 heteroatoms. The predicted molar refractivity (Wildman–Crippen MR) is 109 cm³/mol. The van der Waals surface area contributed by atoms with Crippen LogP contribution in [0.4, 0.5) is 5.69 Å². The molecule has 1 aromatic heterocycles. The number of aromatic nitrogens is 1. The van der Waals surface area contributed by atoms with Gasteiger partial charge in [-0.1, -0.05) is 28.1 Å². The van der Waals surface area contributed by atoms with Crippen molar-refractivity contribution in [2.45, 2.75) is 25.6 Å². The van der Waals surface area contributed by atoms with E-state index in [-0.39, 0.29) is 17.9 Å². The van der Waals surface area contributed by atoms with Gasteiger partial charge in [-0.05, 0) is 42.7 Å². The van der Waals surface area contributed by atoms with Crippen molar-refractivity contribution in [1.29, 1.82) is 0 Å². The first-order chi connectivity index (χ1) is 13.6. The number of rotatable bonds is 5. The third-order valence-corrected chi connectivity index (χ3v) is 5.78. The molecule has 0 spiro atoms. The summed E-state index contributed by atoms with van der Waals surface area (Å²) in [5.74, 6) is -0.770. The Bertz CT molecular complexity index is 861. The van der Waals surface area contributed by atoms with E-state index in [1.807, 2.05) is 36.4 Å². The molecule has 6 nitrogen and oxygen atoms in total. The zero-order chi connectivity index (χ0) is 19.5. The average Bonchev–Trinajstić information content (AvgIpc) is 3.33. The van der Waals surface area contributed by atoms with Crippen molar-refractivity contribution in [2.24, 2.45) is 5.92 Å². The molecule has 2 aliphatic rings. The highest BCUT2D eigenvalue weighted by molar-refractivity contribution is 9.10. The van der Waals surface area contributed by atoms with Crippen molar-refractivity contribution in [1.82, 2.24) is 9.88 Å². The van der Waals surface area contributed by atoms with Crippen LogP contribution >= 0.6 is 15.9 Å². The zero-order valence-electron chi connectivity index (χ0n) is 15.5. The molecule has 2 amide bonds. The van der Waals surface area contributed by atoms with Crippen molar-refractivity contribution >= 4 is 33.4 Å². The summed E-state index contributed by atoms with van der Waals surface area (Å²) >= 11 is 3.43. The molecule has 2 fully saturated rings.